The molecule has 34 heavy (non-hydrogen) atoms. The number of ether oxygens (including phenoxy) is 3. The van der Waals surface area contributed by atoms with Crippen LogP contribution in [0.2, 0.25) is 5.02 Å². The topological polar surface area (TPSA) is 80.3 Å². The number of amides is 2. The van der Waals surface area contributed by atoms with Crippen LogP contribution in [-0.4, -0.2) is 64.2 Å². The SMILES string of the molecule is COc1cc(C(=O)Nc2ccc(N3CCN(C(=O)CC(C)C)CC3)c(Cl)c2)cc(OC)c1OC. The minimum Gasteiger partial charge on any atom is -0.493 e. The number of rotatable bonds is 8. The fourth-order valence-electron chi connectivity index (χ4n) is 3.93. The van der Waals surface area contributed by atoms with E-state index in [1.807, 2.05) is 17.0 Å². The zero-order valence-corrected chi connectivity index (χ0v) is 21.1. The van der Waals surface area contributed by atoms with Crippen LogP contribution in [0, 0.1) is 5.92 Å². The Balaban J connectivity index is 1.68. The molecule has 1 aliphatic rings. The van der Waals surface area contributed by atoms with Gasteiger partial charge in [0.2, 0.25) is 11.7 Å². The van der Waals surface area contributed by atoms with E-state index < -0.39 is 0 Å². The number of hydrogen-bond acceptors (Lipinski definition) is 6. The maximum absolute atomic E-state index is 12.9. The first-order valence-electron chi connectivity index (χ1n) is 11.2. The van der Waals surface area contributed by atoms with Crippen molar-refractivity contribution in [1.29, 1.82) is 0 Å². The third-order valence-corrected chi connectivity index (χ3v) is 5.99. The van der Waals surface area contributed by atoms with Crippen LogP contribution in [0.4, 0.5) is 11.4 Å². The molecule has 0 unspecified atom stereocenters. The second kappa shape index (κ2) is 11.3. The minimum atomic E-state index is -0.333. The van der Waals surface area contributed by atoms with Crippen LogP contribution in [-0.2, 0) is 4.79 Å². The van der Waals surface area contributed by atoms with E-state index >= 15 is 0 Å². The number of benzene rings is 2. The van der Waals surface area contributed by atoms with Gasteiger partial charge in [-0.1, -0.05) is 25.4 Å². The molecule has 0 aliphatic carbocycles. The fourth-order valence-corrected chi connectivity index (χ4v) is 4.23. The van der Waals surface area contributed by atoms with Crippen molar-refractivity contribution < 1.29 is 23.8 Å². The molecule has 8 nitrogen and oxygen atoms in total. The van der Waals surface area contributed by atoms with Gasteiger partial charge < -0.3 is 29.3 Å². The Hall–Kier alpha value is -3.13. The first-order valence-corrected chi connectivity index (χ1v) is 11.6. The number of nitrogens with one attached hydrogen (secondary N) is 1. The number of carbonyl (C=O) groups excluding carboxylic acids is 2. The van der Waals surface area contributed by atoms with Crippen LogP contribution in [0.1, 0.15) is 30.6 Å². The summed E-state index contributed by atoms with van der Waals surface area (Å²) < 4.78 is 16.0. The molecule has 1 saturated heterocycles. The number of halogens is 1. The van der Waals surface area contributed by atoms with Crippen LogP contribution < -0.4 is 24.4 Å². The van der Waals surface area contributed by atoms with Crippen LogP contribution in [0.15, 0.2) is 30.3 Å². The van der Waals surface area contributed by atoms with Crippen LogP contribution in [0.3, 0.4) is 0 Å². The largest absolute Gasteiger partial charge is 0.493 e. The van der Waals surface area contributed by atoms with E-state index in [2.05, 4.69) is 24.1 Å². The van der Waals surface area contributed by atoms with Gasteiger partial charge in [-0.2, -0.15) is 0 Å². The van der Waals surface area contributed by atoms with Gasteiger partial charge in [-0.3, -0.25) is 9.59 Å². The number of nitrogens with zero attached hydrogens (tertiary/aromatic N) is 2. The second-order valence-electron chi connectivity index (χ2n) is 8.50. The fraction of sp³-hybridized carbons (Fsp3) is 0.440. The average Bonchev–Trinajstić information content (AvgIpc) is 2.82. The summed E-state index contributed by atoms with van der Waals surface area (Å²) in [7, 11) is 4.50. The number of anilines is 2. The molecular formula is C25H32ClN3O5. The molecule has 9 heteroatoms. The molecule has 0 bridgehead atoms. The molecule has 1 fully saturated rings. The highest BCUT2D eigenvalue weighted by Crippen LogP contribution is 2.38. The summed E-state index contributed by atoms with van der Waals surface area (Å²) in [5.74, 6) is 1.42. The van der Waals surface area contributed by atoms with E-state index in [0.29, 0.717) is 72.0 Å². The van der Waals surface area contributed by atoms with Gasteiger partial charge in [-0.05, 0) is 36.2 Å². The van der Waals surface area contributed by atoms with Gasteiger partial charge in [0.25, 0.3) is 5.91 Å². The normalized spacial score (nSPS) is 13.6. The molecule has 3 rings (SSSR count). The van der Waals surface area contributed by atoms with E-state index in [1.165, 1.54) is 21.3 Å². The smallest absolute Gasteiger partial charge is 0.255 e. The minimum absolute atomic E-state index is 0.200. The van der Waals surface area contributed by atoms with Crippen molar-refractivity contribution in [2.75, 3.05) is 57.7 Å². The van der Waals surface area contributed by atoms with E-state index in [-0.39, 0.29) is 11.8 Å². The Bertz CT molecular complexity index is 1010. The summed E-state index contributed by atoms with van der Waals surface area (Å²) in [5.41, 5.74) is 1.80. The van der Waals surface area contributed by atoms with Crippen molar-refractivity contribution in [3.63, 3.8) is 0 Å². The molecule has 0 atom stereocenters. The molecule has 0 saturated carbocycles. The summed E-state index contributed by atoms with van der Waals surface area (Å²) in [6, 6.07) is 8.61. The van der Waals surface area contributed by atoms with Crippen molar-refractivity contribution in [2.45, 2.75) is 20.3 Å². The summed E-state index contributed by atoms with van der Waals surface area (Å²) >= 11 is 6.56. The Kier molecular flexibility index (Phi) is 8.50. The number of methoxy groups -OCH3 is 3. The summed E-state index contributed by atoms with van der Waals surface area (Å²) in [4.78, 5) is 29.3. The van der Waals surface area contributed by atoms with Crippen molar-refractivity contribution >= 4 is 34.8 Å². The molecule has 2 amide bonds. The van der Waals surface area contributed by atoms with Gasteiger partial charge in [-0.15, -0.1) is 0 Å². The van der Waals surface area contributed by atoms with Crippen molar-refractivity contribution in [1.82, 2.24) is 4.90 Å². The van der Waals surface area contributed by atoms with E-state index in [0.717, 1.165) is 5.69 Å². The van der Waals surface area contributed by atoms with Gasteiger partial charge in [0.1, 0.15) is 0 Å². The van der Waals surface area contributed by atoms with Gasteiger partial charge in [0.05, 0.1) is 32.0 Å². The van der Waals surface area contributed by atoms with Crippen LogP contribution in [0.5, 0.6) is 17.2 Å². The highest BCUT2D eigenvalue weighted by molar-refractivity contribution is 6.33. The first-order chi connectivity index (χ1) is 16.3. The molecule has 0 spiro atoms. The second-order valence-corrected chi connectivity index (χ2v) is 8.91. The molecule has 2 aromatic carbocycles. The molecular weight excluding hydrogens is 458 g/mol. The molecule has 2 aromatic rings. The molecule has 0 radical (unpaired) electrons. The lowest BCUT2D eigenvalue weighted by atomic mass is 10.1. The molecule has 184 valence electrons. The standard InChI is InChI=1S/C25H32ClN3O5/c1-16(2)12-23(30)29-10-8-28(9-11-29)20-7-6-18(15-19(20)26)27-25(31)17-13-21(32-3)24(34-5)22(14-17)33-4/h6-7,13-16H,8-12H2,1-5H3,(H,27,31). The van der Waals surface area contributed by atoms with E-state index in [4.69, 9.17) is 25.8 Å². The Morgan fingerprint density at radius 2 is 1.59 bits per heavy atom. The Morgan fingerprint density at radius 1 is 0.971 bits per heavy atom. The van der Waals surface area contributed by atoms with Gasteiger partial charge in [0.15, 0.2) is 11.5 Å². The number of carbonyl (C=O) groups is 2. The first kappa shape index (κ1) is 25.5. The highest BCUT2D eigenvalue weighted by atomic mass is 35.5. The maximum Gasteiger partial charge on any atom is 0.255 e. The lowest BCUT2D eigenvalue weighted by Gasteiger charge is -2.36. The lowest BCUT2D eigenvalue weighted by molar-refractivity contribution is -0.132. The molecule has 1 heterocycles. The van der Waals surface area contributed by atoms with E-state index in [9.17, 15) is 9.59 Å². The predicted molar refractivity (Wildman–Crippen MR) is 134 cm³/mol. The summed E-state index contributed by atoms with van der Waals surface area (Å²) in [6.45, 7) is 6.86. The third-order valence-electron chi connectivity index (χ3n) is 5.69. The van der Waals surface area contributed by atoms with Crippen molar-refractivity contribution in [3.8, 4) is 17.2 Å². The highest BCUT2D eigenvalue weighted by Gasteiger charge is 2.23. The molecule has 0 aromatic heterocycles. The van der Waals surface area contributed by atoms with Gasteiger partial charge >= 0.3 is 0 Å². The monoisotopic (exact) mass is 489 g/mol. The predicted octanol–water partition coefficient (Wildman–Crippen LogP) is 4.31. The van der Waals surface area contributed by atoms with Gasteiger partial charge in [0, 0.05) is 43.9 Å². The van der Waals surface area contributed by atoms with Crippen molar-refractivity contribution in [3.05, 3.63) is 40.9 Å². The quantitative estimate of drug-likeness (QED) is 0.595. The van der Waals surface area contributed by atoms with E-state index in [1.54, 1.807) is 18.2 Å². The summed E-state index contributed by atoms with van der Waals surface area (Å²) in [5, 5.41) is 3.39. The van der Waals surface area contributed by atoms with Crippen LogP contribution in [0.25, 0.3) is 0 Å². The number of piperazine rings is 1. The zero-order chi connectivity index (χ0) is 24.8. The maximum atomic E-state index is 12.9. The molecule has 1 aliphatic heterocycles. The van der Waals surface area contributed by atoms with Crippen molar-refractivity contribution in [2.24, 2.45) is 5.92 Å². The Morgan fingerprint density at radius 3 is 2.09 bits per heavy atom. The average molecular weight is 490 g/mol. The summed E-state index contributed by atoms with van der Waals surface area (Å²) in [6.07, 6.45) is 0.571. The zero-order valence-electron chi connectivity index (χ0n) is 20.3. The Labute approximate surface area is 205 Å². The molecule has 1 N–H and O–H groups in total. The number of hydrogen-bond donors (Lipinski definition) is 1. The van der Waals surface area contributed by atoms with Gasteiger partial charge in [-0.25, -0.2) is 0 Å². The lowest BCUT2D eigenvalue weighted by Crippen LogP contribution is -2.49. The third kappa shape index (κ3) is 5.86. The van der Waals surface area contributed by atoms with Crippen LogP contribution >= 0.6 is 11.6 Å².